The molecule has 0 radical (unpaired) electrons. The van der Waals surface area contributed by atoms with Crippen LogP contribution in [0.2, 0.25) is 0 Å². The highest BCUT2D eigenvalue weighted by molar-refractivity contribution is 5.06. The Morgan fingerprint density at radius 3 is 2.47 bits per heavy atom. The molecule has 1 aliphatic carbocycles. The van der Waals surface area contributed by atoms with E-state index < -0.39 is 5.60 Å². The van der Waals surface area contributed by atoms with E-state index in [4.69, 9.17) is 5.73 Å². The summed E-state index contributed by atoms with van der Waals surface area (Å²) in [6.45, 7) is 6.96. The second kappa shape index (κ2) is 6.11. The maximum Gasteiger partial charge on any atom is 0.0765 e. The average Bonchev–Trinajstić information content (AvgIpc) is 2.43. The molecule has 1 saturated heterocycles. The van der Waals surface area contributed by atoms with E-state index in [1.807, 2.05) is 0 Å². The van der Waals surface area contributed by atoms with Crippen molar-refractivity contribution in [1.29, 1.82) is 0 Å². The number of piperidine rings is 1. The molecule has 4 N–H and O–H groups in total. The molecule has 2 aliphatic rings. The van der Waals surface area contributed by atoms with E-state index in [1.165, 1.54) is 25.7 Å². The summed E-state index contributed by atoms with van der Waals surface area (Å²) in [7, 11) is 0. The lowest BCUT2D eigenvalue weighted by molar-refractivity contribution is -0.152. The van der Waals surface area contributed by atoms with Crippen LogP contribution in [0, 0.1) is 17.3 Å². The van der Waals surface area contributed by atoms with E-state index in [-0.39, 0.29) is 5.41 Å². The molecule has 112 valence electrons. The number of hydrogen-bond acceptors (Lipinski definition) is 3. The zero-order chi connectivity index (χ0) is 13.9. The Morgan fingerprint density at radius 1 is 1.26 bits per heavy atom. The summed E-state index contributed by atoms with van der Waals surface area (Å²) < 4.78 is 0. The average molecular weight is 268 g/mol. The van der Waals surface area contributed by atoms with E-state index in [0.29, 0.717) is 12.5 Å². The van der Waals surface area contributed by atoms with Crippen LogP contribution in [0.25, 0.3) is 0 Å². The SMILES string of the molecule is CCCC1CCC(CN)(C2(O)CCNCC2C)CC1. The summed E-state index contributed by atoms with van der Waals surface area (Å²) in [6.07, 6.45) is 8.25. The first-order valence-electron chi connectivity index (χ1n) is 8.21. The molecule has 2 fully saturated rings. The first-order chi connectivity index (χ1) is 9.08. The minimum atomic E-state index is -0.551. The smallest absolute Gasteiger partial charge is 0.0765 e. The van der Waals surface area contributed by atoms with Crippen molar-refractivity contribution in [2.24, 2.45) is 23.0 Å². The predicted molar refractivity (Wildman–Crippen MR) is 80.0 cm³/mol. The van der Waals surface area contributed by atoms with Gasteiger partial charge in [-0.1, -0.05) is 26.7 Å². The lowest BCUT2D eigenvalue weighted by atomic mass is 9.56. The maximum absolute atomic E-state index is 11.3. The van der Waals surface area contributed by atoms with E-state index >= 15 is 0 Å². The lowest BCUT2D eigenvalue weighted by Gasteiger charge is -2.55. The molecule has 1 aliphatic heterocycles. The van der Waals surface area contributed by atoms with Gasteiger partial charge in [-0.2, -0.15) is 0 Å². The van der Waals surface area contributed by atoms with Crippen molar-refractivity contribution in [3.63, 3.8) is 0 Å². The quantitative estimate of drug-likeness (QED) is 0.733. The molecule has 0 bridgehead atoms. The first-order valence-corrected chi connectivity index (χ1v) is 8.21. The Labute approximate surface area is 118 Å². The van der Waals surface area contributed by atoms with Gasteiger partial charge in [-0.3, -0.25) is 0 Å². The molecule has 2 rings (SSSR count). The van der Waals surface area contributed by atoms with Crippen molar-refractivity contribution in [1.82, 2.24) is 5.32 Å². The summed E-state index contributed by atoms with van der Waals surface area (Å²) in [4.78, 5) is 0. The molecule has 0 spiro atoms. The summed E-state index contributed by atoms with van der Waals surface area (Å²) in [6, 6.07) is 0. The molecule has 2 atom stereocenters. The highest BCUT2D eigenvalue weighted by Crippen LogP contribution is 2.51. The third-order valence-corrected chi connectivity index (χ3v) is 6.02. The Morgan fingerprint density at radius 2 is 1.95 bits per heavy atom. The zero-order valence-corrected chi connectivity index (χ0v) is 12.8. The fraction of sp³-hybridized carbons (Fsp3) is 1.00. The molecule has 0 amide bonds. The Bertz CT molecular complexity index is 286. The van der Waals surface area contributed by atoms with Gasteiger partial charge in [0.15, 0.2) is 0 Å². The third kappa shape index (κ3) is 2.70. The summed E-state index contributed by atoms with van der Waals surface area (Å²) in [5.41, 5.74) is 5.58. The number of rotatable bonds is 4. The topological polar surface area (TPSA) is 58.3 Å². The summed E-state index contributed by atoms with van der Waals surface area (Å²) >= 11 is 0. The zero-order valence-electron chi connectivity index (χ0n) is 12.8. The van der Waals surface area contributed by atoms with Crippen LogP contribution in [0.1, 0.15) is 58.8 Å². The van der Waals surface area contributed by atoms with Gasteiger partial charge < -0.3 is 16.2 Å². The van der Waals surface area contributed by atoms with Gasteiger partial charge in [0.25, 0.3) is 0 Å². The number of hydrogen-bond donors (Lipinski definition) is 3. The molecular formula is C16H32N2O. The largest absolute Gasteiger partial charge is 0.389 e. The first kappa shape index (κ1) is 15.3. The monoisotopic (exact) mass is 268 g/mol. The summed E-state index contributed by atoms with van der Waals surface area (Å²) in [5.74, 6) is 1.18. The van der Waals surface area contributed by atoms with Gasteiger partial charge in [0.05, 0.1) is 5.60 Å². The van der Waals surface area contributed by atoms with Crippen molar-refractivity contribution in [2.75, 3.05) is 19.6 Å². The molecule has 3 heteroatoms. The van der Waals surface area contributed by atoms with Crippen LogP contribution in [0.15, 0.2) is 0 Å². The predicted octanol–water partition coefficient (Wildman–Crippen LogP) is 2.28. The van der Waals surface area contributed by atoms with Crippen molar-refractivity contribution in [3.8, 4) is 0 Å². The van der Waals surface area contributed by atoms with Gasteiger partial charge >= 0.3 is 0 Å². The molecule has 1 heterocycles. The molecule has 19 heavy (non-hydrogen) atoms. The van der Waals surface area contributed by atoms with E-state index in [9.17, 15) is 5.11 Å². The van der Waals surface area contributed by atoms with Crippen LogP contribution in [0.5, 0.6) is 0 Å². The fourth-order valence-electron chi connectivity index (χ4n) is 4.54. The van der Waals surface area contributed by atoms with Gasteiger partial charge in [0, 0.05) is 18.5 Å². The highest BCUT2D eigenvalue weighted by atomic mass is 16.3. The van der Waals surface area contributed by atoms with Crippen molar-refractivity contribution in [3.05, 3.63) is 0 Å². The Kier molecular flexibility index (Phi) is 4.91. The number of aliphatic hydroxyl groups is 1. The molecule has 1 saturated carbocycles. The van der Waals surface area contributed by atoms with Crippen molar-refractivity contribution in [2.45, 2.75) is 64.4 Å². The van der Waals surface area contributed by atoms with Crippen LogP contribution in [0.4, 0.5) is 0 Å². The van der Waals surface area contributed by atoms with Gasteiger partial charge in [0.2, 0.25) is 0 Å². The lowest BCUT2D eigenvalue weighted by Crippen LogP contribution is -2.62. The summed E-state index contributed by atoms with van der Waals surface area (Å²) in [5, 5.41) is 14.7. The normalized spacial score (nSPS) is 44.2. The van der Waals surface area contributed by atoms with E-state index in [1.54, 1.807) is 0 Å². The van der Waals surface area contributed by atoms with Gasteiger partial charge in [-0.25, -0.2) is 0 Å². The van der Waals surface area contributed by atoms with E-state index in [2.05, 4.69) is 19.2 Å². The molecular weight excluding hydrogens is 236 g/mol. The van der Waals surface area contributed by atoms with Crippen LogP contribution >= 0.6 is 0 Å². The van der Waals surface area contributed by atoms with Crippen molar-refractivity contribution < 1.29 is 5.11 Å². The van der Waals surface area contributed by atoms with Crippen LogP contribution in [-0.2, 0) is 0 Å². The Hall–Kier alpha value is -0.120. The van der Waals surface area contributed by atoms with Gasteiger partial charge in [0.1, 0.15) is 0 Å². The molecule has 0 aromatic carbocycles. The third-order valence-electron chi connectivity index (χ3n) is 6.02. The molecule has 2 unspecified atom stereocenters. The highest BCUT2D eigenvalue weighted by Gasteiger charge is 2.53. The Balaban J connectivity index is 2.10. The van der Waals surface area contributed by atoms with Gasteiger partial charge in [-0.05, 0) is 50.5 Å². The molecule has 0 aromatic rings. The minimum absolute atomic E-state index is 0.0290. The fourth-order valence-corrected chi connectivity index (χ4v) is 4.54. The second-order valence-electron chi connectivity index (χ2n) is 7.00. The minimum Gasteiger partial charge on any atom is -0.389 e. The van der Waals surface area contributed by atoms with Crippen molar-refractivity contribution >= 4 is 0 Å². The van der Waals surface area contributed by atoms with E-state index in [0.717, 1.165) is 38.3 Å². The van der Waals surface area contributed by atoms with Crippen LogP contribution in [0.3, 0.4) is 0 Å². The second-order valence-corrected chi connectivity index (χ2v) is 7.00. The standard InChI is InChI=1S/C16H32N2O/c1-3-4-14-5-7-15(12-17,8-6-14)16(19)9-10-18-11-13(16)2/h13-14,18-19H,3-12,17H2,1-2H3. The number of nitrogens with two attached hydrogens (primary N) is 1. The molecule has 3 nitrogen and oxygen atoms in total. The van der Waals surface area contributed by atoms with Crippen LogP contribution in [-0.4, -0.2) is 30.3 Å². The number of nitrogens with one attached hydrogen (secondary N) is 1. The van der Waals surface area contributed by atoms with Gasteiger partial charge in [-0.15, -0.1) is 0 Å². The molecule has 0 aromatic heterocycles. The van der Waals surface area contributed by atoms with Crippen LogP contribution < -0.4 is 11.1 Å². The maximum atomic E-state index is 11.3.